The molecule has 1 atom stereocenters. The predicted molar refractivity (Wildman–Crippen MR) is 95.2 cm³/mol. The fourth-order valence-corrected chi connectivity index (χ4v) is 2.94. The molecular weight excluding hydrogens is 332 g/mol. The SMILES string of the molecule is COc1ccc(OC)c(C(C)NC(=O)C2(OC)CCNCC2)c1.Cl. The molecule has 1 aliphatic heterocycles. The first-order valence-corrected chi connectivity index (χ1v) is 7.85. The summed E-state index contributed by atoms with van der Waals surface area (Å²) in [4.78, 5) is 12.8. The van der Waals surface area contributed by atoms with Crippen LogP contribution in [0.25, 0.3) is 0 Å². The van der Waals surface area contributed by atoms with E-state index in [1.807, 2.05) is 25.1 Å². The zero-order valence-electron chi connectivity index (χ0n) is 14.7. The van der Waals surface area contributed by atoms with Crippen LogP contribution in [0.15, 0.2) is 18.2 Å². The van der Waals surface area contributed by atoms with Crippen molar-refractivity contribution in [2.45, 2.75) is 31.4 Å². The standard InChI is InChI=1S/C17H26N2O4.ClH/c1-12(14-11-13(21-2)5-6-15(14)22-3)19-16(20)17(23-4)7-9-18-10-8-17;/h5-6,11-12,18H,7-10H2,1-4H3,(H,19,20);1H. The monoisotopic (exact) mass is 358 g/mol. The van der Waals surface area contributed by atoms with Crippen molar-refractivity contribution in [3.8, 4) is 11.5 Å². The van der Waals surface area contributed by atoms with Gasteiger partial charge in [-0.2, -0.15) is 0 Å². The van der Waals surface area contributed by atoms with Crippen LogP contribution in [0.5, 0.6) is 11.5 Å². The number of carbonyl (C=O) groups excluding carboxylic acids is 1. The van der Waals surface area contributed by atoms with Crippen LogP contribution in [0, 0.1) is 0 Å². The van der Waals surface area contributed by atoms with Gasteiger partial charge in [0, 0.05) is 12.7 Å². The number of amides is 1. The summed E-state index contributed by atoms with van der Waals surface area (Å²) in [6.07, 6.45) is 1.33. The van der Waals surface area contributed by atoms with Gasteiger partial charge in [0.1, 0.15) is 17.1 Å². The van der Waals surface area contributed by atoms with Gasteiger partial charge >= 0.3 is 0 Å². The van der Waals surface area contributed by atoms with E-state index in [1.54, 1.807) is 21.3 Å². The molecule has 1 aromatic rings. The Bertz CT molecular complexity index is 547. The fraction of sp³-hybridized carbons (Fsp3) is 0.588. The van der Waals surface area contributed by atoms with Crippen LogP contribution in [-0.4, -0.2) is 45.9 Å². The zero-order valence-corrected chi connectivity index (χ0v) is 15.5. The average molecular weight is 359 g/mol. The topological polar surface area (TPSA) is 68.8 Å². The minimum absolute atomic E-state index is 0. The highest BCUT2D eigenvalue weighted by Crippen LogP contribution is 2.30. The van der Waals surface area contributed by atoms with Crippen molar-refractivity contribution in [1.82, 2.24) is 10.6 Å². The van der Waals surface area contributed by atoms with E-state index in [-0.39, 0.29) is 24.4 Å². The second-order valence-electron chi connectivity index (χ2n) is 5.75. The molecule has 0 aromatic heterocycles. The zero-order chi connectivity index (χ0) is 16.9. The Morgan fingerprint density at radius 2 is 1.88 bits per heavy atom. The van der Waals surface area contributed by atoms with Gasteiger partial charge in [0.05, 0.1) is 20.3 Å². The van der Waals surface area contributed by atoms with E-state index in [0.29, 0.717) is 12.8 Å². The van der Waals surface area contributed by atoms with Crippen LogP contribution < -0.4 is 20.1 Å². The highest BCUT2D eigenvalue weighted by atomic mass is 35.5. The number of hydrogen-bond acceptors (Lipinski definition) is 5. The summed E-state index contributed by atoms with van der Waals surface area (Å²) < 4.78 is 16.2. The predicted octanol–water partition coefficient (Wildman–Crippen LogP) is 2.07. The summed E-state index contributed by atoms with van der Waals surface area (Å²) >= 11 is 0. The minimum Gasteiger partial charge on any atom is -0.497 e. The molecule has 1 fully saturated rings. The maximum Gasteiger partial charge on any atom is 0.252 e. The number of methoxy groups -OCH3 is 3. The lowest BCUT2D eigenvalue weighted by atomic mass is 9.90. The Morgan fingerprint density at radius 3 is 2.42 bits per heavy atom. The number of benzene rings is 1. The molecule has 136 valence electrons. The molecule has 2 rings (SSSR count). The molecule has 1 unspecified atom stereocenters. The third kappa shape index (κ3) is 4.32. The van der Waals surface area contributed by atoms with E-state index < -0.39 is 5.60 Å². The van der Waals surface area contributed by atoms with Crippen molar-refractivity contribution >= 4 is 18.3 Å². The number of carbonyl (C=O) groups is 1. The quantitative estimate of drug-likeness (QED) is 0.814. The number of hydrogen-bond donors (Lipinski definition) is 2. The maximum atomic E-state index is 12.8. The number of rotatable bonds is 6. The van der Waals surface area contributed by atoms with Gasteiger partial charge in [-0.15, -0.1) is 12.4 Å². The van der Waals surface area contributed by atoms with Crippen molar-refractivity contribution in [1.29, 1.82) is 0 Å². The summed E-state index contributed by atoms with van der Waals surface area (Å²) in [5.74, 6) is 1.36. The Morgan fingerprint density at radius 1 is 1.21 bits per heavy atom. The highest BCUT2D eigenvalue weighted by molar-refractivity contribution is 5.86. The van der Waals surface area contributed by atoms with Crippen molar-refractivity contribution < 1.29 is 19.0 Å². The number of nitrogens with one attached hydrogen (secondary N) is 2. The smallest absolute Gasteiger partial charge is 0.252 e. The lowest BCUT2D eigenvalue weighted by molar-refractivity contribution is -0.147. The summed E-state index contributed by atoms with van der Waals surface area (Å²) in [7, 11) is 4.83. The first-order valence-electron chi connectivity index (χ1n) is 7.85. The van der Waals surface area contributed by atoms with Crippen molar-refractivity contribution in [3.63, 3.8) is 0 Å². The molecule has 0 saturated carbocycles. The Kier molecular flexibility index (Phi) is 7.79. The summed E-state index contributed by atoms with van der Waals surface area (Å²) in [5, 5.41) is 6.31. The van der Waals surface area contributed by atoms with Gasteiger partial charge in [-0.05, 0) is 51.1 Å². The molecular formula is C17H27ClN2O4. The van der Waals surface area contributed by atoms with Crippen molar-refractivity contribution in [2.24, 2.45) is 0 Å². The third-order valence-electron chi connectivity index (χ3n) is 4.47. The van der Waals surface area contributed by atoms with E-state index in [4.69, 9.17) is 14.2 Å². The Labute approximate surface area is 149 Å². The molecule has 0 aliphatic carbocycles. The van der Waals surface area contributed by atoms with Gasteiger partial charge in [0.15, 0.2) is 0 Å². The van der Waals surface area contributed by atoms with E-state index >= 15 is 0 Å². The Balaban J connectivity index is 0.00000288. The van der Waals surface area contributed by atoms with Crippen LogP contribution in [0.2, 0.25) is 0 Å². The second kappa shape index (κ2) is 9.11. The fourth-order valence-electron chi connectivity index (χ4n) is 2.94. The lowest BCUT2D eigenvalue weighted by Gasteiger charge is -2.35. The van der Waals surface area contributed by atoms with Crippen LogP contribution in [-0.2, 0) is 9.53 Å². The summed E-state index contributed by atoms with van der Waals surface area (Å²) in [5.41, 5.74) is 0.117. The van der Waals surface area contributed by atoms with Crippen LogP contribution >= 0.6 is 12.4 Å². The molecule has 24 heavy (non-hydrogen) atoms. The number of ether oxygens (including phenoxy) is 3. The molecule has 6 nitrogen and oxygen atoms in total. The first kappa shape index (κ1) is 20.5. The van der Waals surface area contributed by atoms with Gasteiger partial charge in [-0.1, -0.05) is 0 Å². The number of piperidine rings is 1. The van der Waals surface area contributed by atoms with E-state index in [2.05, 4.69) is 10.6 Å². The van der Waals surface area contributed by atoms with Gasteiger partial charge in [-0.25, -0.2) is 0 Å². The highest BCUT2D eigenvalue weighted by Gasteiger charge is 2.40. The molecule has 2 N–H and O–H groups in total. The second-order valence-corrected chi connectivity index (χ2v) is 5.75. The molecule has 0 bridgehead atoms. The molecule has 0 radical (unpaired) electrons. The van der Waals surface area contributed by atoms with Crippen molar-refractivity contribution in [3.05, 3.63) is 23.8 Å². The largest absolute Gasteiger partial charge is 0.497 e. The summed E-state index contributed by atoms with van der Waals surface area (Å²) in [6, 6.07) is 5.34. The summed E-state index contributed by atoms with van der Waals surface area (Å²) in [6.45, 7) is 3.48. The third-order valence-corrected chi connectivity index (χ3v) is 4.47. The first-order chi connectivity index (χ1) is 11.1. The molecule has 7 heteroatoms. The van der Waals surface area contributed by atoms with Gasteiger partial charge in [0.2, 0.25) is 0 Å². The van der Waals surface area contributed by atoms with E-state index in [0.717, 1.165) is 30.2 Å². The molecule has 1 heterocycles. The van der Waals surface area contributed by atoms with Crippen LogP contribution in [0.1, 0.15) is 31.4 Å². The number of halogens is 1. The molecule has 1 aromatic carbocycles. The minimum atomic E-state index is -0.758. The van der Waals surface area contributed by atoms with Gasteiger partial charge < -0.3 is 24.8 Å². The van der Waals surface area contributed by atoms with Crippen molar-refractivity contribution in [2.75, 3.05) is 34.4 Å². The average Bonchev–Trinajstić information content (AvgIpc) is 2.61. The Hall–Kier alpha value is -1.50. The van der Waals surface area contributed by atoms with Gasteiger partial charge in [-0.3, -0.25) is 4.79 Å². The van der Waals surface area contributed by atoms with Crippen LogP contribution in [0.4, 0.5) is 0 Å². The molecule has 1 aliphatic rings. The molecule has 0 spiro atoms. The van der Waals surface area contributed by atoms with E-state index in [9.17, 15) is 4.79 Å². The van der Waals surface area contributed by atoms with Gasteiger partial charge in [0.25, 0.3) is 5.91 Å². The molecule has 1 saturated heterocycles. The molecule has 1 amide bonds. The maximum absolute atomic E-state index is 12.8. The van der Waals surface area contributed by atoms with E-state index in [1.165, 1.54) is 0 Å². The lowest BCUT2D eigenvalue weighted by Crippen LogP contribution is -2.54. The normalized spacial score (nSPS) is 17.3. The van der Waals surface area contributed by atoms with Crippen LogP contribution in [0.3, 0.4) is 0 Å².